The molecule has 2 aliphatic heterocycles. The van der Waals surface area contributed by atoms with Crippen molar-refractivity contribution < 1.29 is 9.59 Å². The third kappa shape index (κ3) is 5.72. The quantitative estimate of drug-likeness (QED) is 0.169. The molecule has 60 heavy (non-hydrogen) atoms. The topological polar surface area (TPSA) is 40.6 Å². The van der Waals surface area contributed by atoms with E-state index in [1.54, 1.807) is 0 Å². The van der Waals surface area contributed by atoms with Crippen molar-refractivity contribution in [2.45, 2.75) is 64.2 Å². The molecule has 0 radical (unpaired) electrons. The molecule has 0 saturated carbocycles. The van der Waals surface area contributed by atoms with Crippen LogP contribution in [0.4, 0.5) is 11.4 Å². The van der Waals surface area contributed by atoms with E-state index >= 15 is 0 Å². The third-order valence-corrected chi connectivity index (χ3v) is 14.0. The lowest BCUT2D eigenvalue weighted by Gasteiger charge is -2.23. The number of amides is 2. The fourth-order valence-corrected chi connectivity index (χ4v) is 10.7. The van der Waals surface area contributed by atoms with Gasteiger partial charge in [0.25, 0.3) is 0 Å². The first-order valence-corrected chi connectivity index (χ1v) is 21.6. The van der Waals surface area contributed by atoms with Gasteiger partial charge >= 0.3 is 0 Å². The van der Waals surface area contributed by atoms with Crippen LogP contribution in [0.2, 0.25) is 0 Å². The van der Waals surface area contributed by atoms with Crippen LogP contribution < -0.4 is 9.80 Å². The second-order valence-corrected chi connectivity index (χ2v) is 18.3. The molecule has 2 fully saturated rings. The first-order valence-electron chi connectivity index (χ1n) is 21.6. The zero-order valence-electron chi connectivity index (χ0n) is 34.8. The molecule has 0 atom stereocenters. The fraction of sp³-hybridized carbons (Fsp3) is 0.214. The molecule has 4 heteroatoms. The summed E-state index contributed by atoms with van der Waals surface area (Å²) >= 11 is 0. The Morgan fingerprint density at radius 2 is 0.733 bits per heavy atom. The van der Waals surface area contributed by atoms with E-state index in [4.69, 9.17) is 0 Å². The van der Waals surface area contributed by atoms with E-state index in [1.807, 2.05) is 15.9 Å². The van der Waals surface area contributed by atoms with Crippen LogP contribution in [0.15, 0.2) is 146 Å². The summed E-state index contributed by atoms with van der Waals surface area (Å²) in [7, 11) is 0. The molecule has 294 valence electrons. The zero-order chi connectivity index (χ0) is 40.9. The number of carbonyl (C=O) groups excluding carboxylic acids is 2. The molecule has 2 saturated heterocycles. The van der Waals surface area contributed by atoms with Crippen LogP contribution >= 0.6 is 0 Å². The highest BCUT2D eigenvalue weighted by molar-refractivity contribution is 6.00. The summed E-state index contributed by atoms with van der Waals surface area (Å²) in [6.07, 6.45) is 2.83. The maximum atomic E-state index is 12.9. The van der Waals surface area contributed by atoms with E-state index < -0.39 is 0 Å². The minimum Gasteiger partial charge on any atom is -0.312 e. The number of carbonyl (C=O) groups is 2. The normalized spacial score (nSPS) is 16.9. The van der Waals surface area contributed by atoms with E-state index in [0.717, 1.165) is 46.5 Å². The van der Waals surface area contributed by atoms with Crippen molar-refractivity contribution in [1.29, 1.82) is 0 Å². The van der Waals surface area contributed by atoms with Crippen molar-refractivity contribution in [1.82, 2.24) is 0 Å². The number of anilines is 2. The highest BCUT2D eigenvalue weighted by Gasteiger charge is 2.37. The lowest BCUT2D eigenvalue weighted by atomic mass is 9.81. The minimum absolute atomic E-state index is 0.0971. The van der Waals surface area contributed by atoms with Gasteiger partial charge in [-0.3, -0.25) is 9.59 Å². The van der Waals surface area contributed by atoms with Gasteiger partial charge in [0, 0.05) is 48.1 Å². The summed E-state index contributed by atoms with van der Waals surface area (Å²) in [4.78, 5) is 29.6. The van der Waals surface area contributed by atoms with Crippen molar-refractivity contribution >= 4 is 23.2 Å². The average Bonchev–Trinajstić information content (AvgIpc) is 4.02. The molecule has 7 aromatic carbocycles. The molecule has 2 amide bonds. The summed E-state index contributed by atoms with van der Waals surface area (Å²) in [6, 6.07) is 53.9. The van der Waals surface area contributed by atoms with Crippen molar-refractivity contribution in [3.63, 3.8) is 0 Å². The van der Waals surface area contributed by atoms with Crippen LogP contribution in [-0.2, 0) is 20.4 Å². The van der Waals surface area contributed by atoms with Gasteiger partial charge in [0.1, 0.15) is 0 Å². The van der Waals surface area contributed by atoms with E-state index in [1.165, 1.54) is 66.8 Å². The van der Waals surface area contributed by atoms with E-state index in [0.29, 0.717) is 25.9 Å². The SMILES string of the molecule is CC1(C)c2ccccc2-c2ccc(-c3cc(-c4ccc(-c5cc(N6CCCC6=O)cc(N6CCCC6=O)c5)cc4)cc(-c4ccc5c(c4)C(C)(C)c4ccccc4-5)c3)cc21. The van der Waals surface area contributed by atoms with Crippen LogP contribution in [0.1, 0.15) is 75.6 Å². The zero-order valence-corrected chi connectivity index (χ0v) is 34.8. The van der Waals surface area contributed by atoms with Gasteiger partial charge < -0.3 is 9.80 Å². The van der Waals surface area contributed by atoms with Crippen molar-refractivity contribution in [2.75, 3.05) is 22.9 Å². The number of benzene rings is 7. The maximum absolute atomic E-state index is 12.9. The summed E-state index contributed by atoms with van der Waals surface area (Å²) in [5.41, 5.74) is 21.5. The van der Waals surface area contributed by atoms with Gasteiger partial charge in [-0.05, 0) is 150 Å². The first kappa shape index (κ1) is 36.6. The Balaban J connectivity index is 1.02. The Morgan fingerprint density at radius 3 is 1.15 bits per heavy atom. The number of nitrogens with zero attached hydrogens (tertiary/aromatic N) is 2. The number of rotatable bonds is 6. The monoisotopic (exact) mass is 780 g/mol. The van der Waals surface area contributed by atoms with Crippen LogP contribution in [0.5, 0.6) is 0 Å². The predicted molar refractivity (Wildman–Crippen MR) is 246 cm³/mol. The second-order valence-electron chi connectivity index (χ2n) is 18.3. The number of hydrogen-bond acceptors (Lipinski definition) is 2. The van der Waals surface area contributed by atoms with Crippen molar-refractivity contribution in [3.8, 4) is 66.8 Å². The fourth-order valence-electron chi connectivity index (χ4n) is 10.7. The molecule has 0 unspecified atom stereocenters. The average molecular weight is 781 g/mol. The molecular formula is C56H48N2O2. The van der Waals surface area contributed by atoms with Crippen LogP contribution in [0.25, 0.3) is 66.8 Å². The van der Waals surface area contributed by atoms with Gasteiger partial charge in [0.05, 0.1) is 0 Å². The molecule has 2 heterocycles. The molecule has 4 aliphatic rings. The molecule has 0 spiro atoms. The summed E-state index contributed by atoms with van der Waals surface area (Å²) < 4.78 is 0. The molecule has 0 N–H and O–H groups in total. The van der Waals surface area contributed by atoms with Gasteiger partial charge in [-0.2, -0.15) is 0 Å². The lowest BCUT2D eigenvalue weighted by molar-refractivity contribution is -0.117. The van der Waals surface area contributed by atoms with Crippen molar-refractivity contribution in [3.05, 3.63) is 168 Å². The van der Waals surface area contributed by atoms with Gasteiger partial charge in [0.2, 0.25) is 11.8 Å². The van der Waals surface area contributed by atoms with E-state index in [-0.39, 0.29) is 22.6 Å². The van der Waals surface area contributed by atoms with Gasteiger partial charge in [-0.15, -0.1) is 0 Å². The number of hydrogen-bond donors (Lipinski definition) is 0. The molecule has 11 rings (SSSR count). The summed E-state index contributed by atoms with van der Waals surface area (Å²) in [6.45, 7) is 10.8. The van der Waals surface area contributed by atoms with E-state index in [9.17, 15) is 9.59 Å². The second kappa shape index (κ2) is 13.5. The van der Waals surface area contributed by atoms with Crippen molar-refractivity contribution in [2.24, 2.45) is 0 Å². The largest absolute Gasteiger partial charge is 0.312 e. The molecule has 2 aliphatic carbocycles. The molecular weight excluding hydrogens is 733 g/mol. The third-order valence-electron chi connectivity index (χ3n) is 14.0. The molecule has 4 nitrogen and oxygen atoms in total. The van der Waals surface area contributed by atoms with Gasteiger partial charge in [0.15, 0.2) is 0 Å². The Morgan fingerprint density at radius 1 is 0.367 bits per heavy atom. The predicted octanol–water partition coefficient (Wildman–Crippen LogP) is 13.2. The van der Waals surface area contributed by atoms with E-state index in [2.05, 4.69) is 167 Å². The maximum Gasteiger partial charge on any atom is 0.227 e. The Labute approximate surface area is 353 Å². The first-order chi connectivity index (χ1) is 29.0. The number of fused-ring (bicyclic) bond motifs is 6. The Bertz CT molecular complexity index is 2760. The summed E-state index contributed by atoms with van der Waals surface area (Å²) in [5, 5.41) is 0. The highest BCUT2D eigenvalue weighted by Crippen LogP contribution is 2.51. The summed E-state index contributed by atoms with van der Waals surface area (Å²) in [5.74, 6) is 0.287. The highest BCUT2D eigenvalue weighted by atomic mass is 16.2. The Kier molecular flexibility index (Phi) is 8.23. The smallest absolute Gasteiger partial charge is 0.227 e. The lowest BCUT2D eigenvalue weighted by Crippen LogP contribution is -2.26. The van der Waals surface area contributed by atoms with Gasteiger partial charge in [-0.25, -0.2) is 0 Å². The van der Waals surface area contributed by atoms with Gasteiger partial charge in [-0.1, -0.05) is 125 Å². The Hall–Kier alpha value is -6.52. The minimum atomic E-state index is -0.0971. The van der Waals surface area contributed by atoms with Crippen LogP contribution in [0, 0.1) is 0 Å². The van der Waals surface area contributed by atoms with Crippen LogP contribution in [0.3, 0.4) is 0 Å². The molecule has 0 bridgehead atoms. The molecule has 7 aromatic rings. The molecule has 0 aromatic heterocycles. The van der Waals surface area contributed by atoms with Crippen LogP contribution in [-0.4, -0.2) is 24.9 Å². The standard InChI is InChI=1S/C56H48N2O2/c1-55(2)49-13-7-5-11-45(49)47-23-21-37(32-51(47)55)40-27-39(28-41(29-40)38-22-24-48-46-12-6-8-14-50(46)56(3,4)52(48)33-38)35-17-19-36(20-18-35)42-30-43(57-25-9-15-53(57)59)34-44(31-42)58-26-10-16-54(58)60/h5-8,11-14,17-24,27-34H,9-10,15-16,25-26H2,1-4H3.